The fourth-order valence-electron chi connectivity index (χ4n) is 2.95. The van der Waals surface area contributed by atoms with Gasteiger partial charge in [0.25, 0.3) is 5.91 Å². The molecule has 2 aromatic carbocycles. The largest absolute Gasteiger partial charge is 0.492 e. The Morgan fingerprint density at radius 3 is 2.41 bits per heavy atom. The molecule has 29 heavy (non-hydrogen) atoms. The van der Waals surface area contributed by atoms with E-state index < -0.39 is 0 Å². The van der Waals surface area contributed by atoms with Crippen molar-refractivity contribution in [3.05, 3.63) is 72.1 Å². The predicted molar refractivity (Wildman–Crippen MR) is 116 cm³/mol. The van der Waals surface area contributed by atoms with E-state index in [2.05, 4.69) is 47.4 Å². The molecule has 0 atom stereocenters. The van der Waals surface area contributed by atoms with Crippen molar-refractivity contribution in [2.45, 2.75) is 33.1 Å². The highest BCUT2D eigenvalue weighted by atomic mass is 16.5. The van der Waals surface area contributed by atoms with E-state index in [1.165, 1.54) is 0 Å². The maximum Gasteiger partial charge on any atom is 0.274 e. The van der Waals surface area contributed by atoms with Gasteiger partial charge in [-0.3, -0.25) is 4.79 Å². The number of aromatic nitrogens is 2. The molecule has 0 saturated heterocycles. The lowest BCUT2D eigenvalue weighted by atomic mass is 9.86. The highest BCUT2D eigenvalue weighted by Crippen LogP contribution is 2.30. The van der Waals surface area contributed by atoms with Crippen LogP contribution in [0.25, 0.3) is 0 Å². The monoisotopic (exact) mass is 390 g/mol. The minimum Gasteiger partial charge on any atom is -0.492 e. The molecule has 0 fully saturated rings. The van der Waals surface area contributed by atoms with Gasteiger partial charge in [-0.25, -0.2) is 9.97 Å². The summed E-state index contributed by atoms with van der Waals surface area (Å²) in [4.78, 5) is 21.4. The van der Waals surface area contributed by atoms with Crippen LogP contribution < -0.4 is 15.4 Å². The van der Waals surface area contributed by atoms with Gasteiger partial charge >= 0.3 is 0 Å². The molecule has 150 valence electrons. The number of nitrogens with zero attached hydrogens (tertiary/aromatic N) is 2. The number of hydrogen-bond acceptors (Lipinski definition) is 5. The maximum atomic E-state index is 12.7. The molecule has 1 heterocycles. The molecule has 1 aromatic heterocycles. The number of carbonyl (C=O) groups excluding carboxylic acids is 1. The fraction of sp³-hybridized carbons (Fsp3) is 0.261. The molecule has 3 aromatic rings. The zero-order valence-electron chi connectivity index (χ0n) is 17.2. The molecule has 0 bridgehead atoms. The summed E-state index contributed by atoms with van der Waals surface area (Å²) in [6.45, 7) is 8.86. The van der Waals surface area contributed by atoms with E-state index in [9.17, 15) is 4.79 Å². The van der Waals surface area contributed by atoms with E-state index >= 15 is 0 Å². The van der Waals surface area contributed by atoms with E-state index in [4.69, 9.17) is 4.74 Å². The van der Waals surface area contributed by atoms with Crippen LogP contribution in [0.5, 0.6) is 5.75 Å². The van der Waals surface area contributed by atoms with E-state index in [-0.39, 0.29) is 17.0 Å². The number of amides is 1. The SMILES string of the molecule is CCOc1ccccc1NC(=O)c1ccnc(Nc2ccccc2C(C)(C)C)n1. The maximum absolute atomic E-state index is 12.7. The summed E-state index contributed by atoms with van der Waals surface area (Å²) in [7, 11) is 0. The van der Waals surface area contributed by atoms with E-state index in [1.807, 2.05) is 43.3 Å². The van der Waals surface area contributed by atoms with Crippen LogP contribution in [0.3, 0.4) is 0 Å². The number of hydrogen-bond donors (Lipinski definition) is 2. The first kappa shape index (κ1) is 20.3. The van der Waals surface area contributed by atoms with Gasteiger partial charge in [0, 0.05) is 11.9 Å². The van der Waals surface area contributed by atoms with Crippen molar-refractivity contribution in [2.24, 2.45) is 0 Å². The summed E-state index contributed by atoms with van der Waals surface area (Å²) in [5, 5.41) is 6.10. The topological polar surface area (TPSA) is 76.1 Å². The van der Waals surface area contributed by atoms with Crippen LogP contribution in [-0.2, 0) is 5.41 Å². The summed E-state index contributed by atoms with van der Waals surface area (Å²) < 4.78 is 5.56. The molecule has 0 unspecified atom stereocenters. The van der Waals surface area contributed by atoms with Gasteiger partial charge < -0.3 is 15.4 Å². The average molecular weight is 390 g/mol. The van der Waals surface area contributed by atoms with E-state index in [0.717, 1.165) is 11.3 Å². The molecule has 0 aliphatic heterocycles. The Kier molecular flexibility index (Phi) is 6.12. The van der Waals surface area contributed by atoms with Crippen molar-refractivity contribution in [2.75, 3.05) is 17.2 Å². The zero-order chi connectivity index (χ0) is 20.9. The van der Waals surface area contributed by atoms with Crippen LogP contribution >= 0.6 is 0 Å². The molecule has 6 nitrogen and oxygen atoms in total. The average Bonchev–Trinajstić information content (AvgIpc) is 2.69. The van der Waals surface area contributed by atoms with Crippen LogP contribution in [0.1, 0.15) is 43.7 Å². The Labute approximate surface area is 171 Å². The third kappa shape index (κ3) is 5.10. The summed E-state index contributed by atoms with van der Waals surface area (Å²) in [6.07, 6.45) is 1.57. The lowest BCUT2D eigenvalue weighted by Crippen LogP contribution is -2.16. The second-order valence-corrected chi connectivity index (χ2v) is 7.57. The summed E-state index contributed by atoms with van der Waals surface area (Å²) in [5.74, 6) is 0.661. The Balaban J connectivity index is 1.81. The van der Waals surface area contributed by atoms with Crippen LogP contribution in [-0.4, -0.2) is 22.5 Å². The number of para-hydroxylation sites is 3. The molecular formula is C23H26N4O2. The Morgan fingerprint density at radius 1 is 1.00 bits per heavy atom. The van der Waals surface area contributed by atoms with Crippen molar-refractivity contribution >= 4 is 23.2 Å². The first-order valence-corrected chi connectivity index (χ1v) is 9.61. The van der Waals surface area contributed by atoms with Gasteiger partial charge in [-0.15, -0.1) is 0 Å². The van der Waals surface area contributed by atoms with Gasteiger partial charge in [0.05, 0.1) is 12.3 Å². The minimum absolute atomic E-state index is 0.0401. The number of carbonyl (C=O) groups is 1. The summed E-state index contributed by atoms with van der Waals surface area (Å²) in [5.41, 5.74) is 2.89. The van der Waals surface area contributed by atoms with E-state index in [1.54, 1.807) is 18.3 Å². The molecular weight excluding hydrogens is 364 g/mol. The van der Waals surface area contributed by atoms with Crippen LogP contribution in [0, 0.1) is 0 Å². The van der Waals surface area contributed by atoms with Crippen LogP contribution in [0.4, 0.5) is 17.3 Å². The van der Waals surface area contributed by atoms with Crippen molar-refractivity contribution in [3.8, 4) is 5.75 Å². The first-order valence-electron chi connectivity index (χ1n) is 9.61. The number of benzene rings is 2. The van der Waals surface area contributed by atoms with E-state index in [0.29, 0.717) is 24.0 Å². The number of nitrogens with one attached hydrogen (secondary N) is 2. The zero-order valence-corrected chi connectivity index (χ0v) is 17.2. The Morgan fingerprint density at radius 2 is 1.69 bits per heavy atom. The first-order chi connectivity index (χ1) is 13.9. The quantitative estimate of drug-likeness (QED) is 0.607. The van der Waals surface area contributed by atoms with Gasteiger partial charge in [-0.05, 0) is 42.2 Å². The van der Waals surface area contributed by atoms with Gasteiger partial charge in [-0.1, -0.05) is 51.1 Å². The van der Waals surface area contributed by atoms with Gasteiger partial charge in [0.15, 0.2) is 0 Å². The van der Waals surface area contributed by atoms with Gasteiger partial charge in [-0.2, -0.15) is 0 Å². The standard InChI is InChI=1S/C23H26N4O2/c1-5-29-20-13-9-8-12-18(20)25-21(28)19-14-15-24-22(27-19)26-17-11-7-6-10-16(17)23(2,3)4/h6-15H,5H2,1-4H3,(H,25,28)(H,24,26,27). The second kappa shape index (κ2) is 8.73. The Hall–Kier alpha value is -3.41. The lowest BCUT2D eigenvalue weighted by Gasteiger charge is -2.23. The van der Waals surface area contributed by atoms with Crippen molar-refractivity contribution in [3.63, 3.8) is 0 Å². The number of rotatable bonds is 6. The predicted octanol–water partition coefficient (Wildman–Crippen LogP) is 5.17. The normalized spacial score (nSPS) is 11.0. The molecule has 2 N–H and O–H groups in total. The second-order valence-electron chi connectivity index (χ2n) is 7.57. The summed E-state index contributed by atoms with van der Waals surface area (Å²) in [6, 6.07) is 16.9. The molecule has 1 amide bonds. The molecule has 0 radical (unpaired) electrons. The molecule has 0 spiro atoms. The summed E-state index contributed by atoms with van der Waals surface area (Å²) >= 11 is 0. The molecule has 0 aliphatic rings. The van der Waals surface area contributed by atoms with Gasteiger partial charge in [0.1, 0.15) is 11.4 Å². The van der Waals surface area contributed by atoms with Crippen molar-refractivity contribution in [1.29, 1.82) is 0 Å². The van der Waals surface area contributed by atoms with Crippen LogP contribution in [0.2, 0.25) is 0 Å². The number of anilines is 3. The van der Waals surface area contributed by atoms with Crippen LogP contribution in [0.15, 0.2) is 60.8 Å². The Bertz CT molecular complexity index is 996. The number of ether oxygens (including phenoxy) is 1. The third-order valence-electron chi connectivity index (χ3n) is 4.30. The fourth-order valence-corrected chi connectivity index (χ4v) is 2.95. The third-order valence-corrected chi connectivity index (χ3v) is 4.30. The molecule has 6 heteroatoms. The van der Waals surface area contributed by atoms with Gasteiger partial charge in [0.2, 0.25) is 5.95 Å². The molecule has 3 rings (SSSR count). The van der Waals surface area contributed by atoms with Crippen molar-refractivity contribution < 1.29 is 9.53 Å². The highest BCUT2D eigenvalue weighted by molar-refractivity contribution is 6.03. The minimum atomic E-state index is -0.327. The highest BCUT2D eigenvalue weighted by Gasteiger charge is 2.18. The lowest BCUT2D eigenvalue weighted by molar-refractivity contribution is 0.102. The van der Waals surface area contributed by atoms with Crippen molar-refractivity contribution in [1.82, 2.24) is 9.97 Å². The smallest absolute Gasteiger partial charge is 0.274 e. The molecule has 0 aliphatic carbocycles. The molecule has 0 saturated carbocycles.